The number of rotatable bonds is 11. The van der Waals surface area contributed by atoms with Gasteiger partial charge in [0.2, 0.25) is 0 Å². The van der Waals surface area contributed by atoms with Crippen LogP contribution < -0.4 is 5.43 Å². The van der Waals surface area contributed by atoms with Crippen LogP contribution in [0.5, 0.6) is 0 Å². The Bertz CT molecular complexity index is 1140. The third kappa shape index (κ3) is 6.86. The van der Waals surface area contributed by atoms with Gasteiger partial charge in [0, 0.05) is 17.1 Å². The van der Waals surface area contributed by atoms with Crippen LogP contribution in [0.4, 0.5) is 4.39 Å². The molecule has 1 unspecified atom stereocenters. The predicted molar refractivity (Wildman–Crippen MR) is 126 cm³/mol. The standard InChI is InChI=1S/C24H26ClFN4O4/c1-2-3-4-18-12-21(28-27-18)23(32)29-30(14-22(31)24(33)34)13-15-5-7-16(8-6-15)19-11-17(25)9-10-20(19)26/h5-12,22,31H,2-4,13-14H2,1H3,(H,27,28)(H,29,32)(H,33,34). The number of aromatic nitrogens is 2. The zero-order valence-corrected chi connectivity index (χ0v) is 19.3. The van der Waals surface area contributed by atoms with Crippen LogP contribution >= 0.6 is 11.6 Å². The van der Waals surface area contributed by atoms with Gasteiger partial charge in [-0.25, -0.2) is 14.2 Å². The van der Waals surface area contributed by atoms with Gasteiger partial charge in [-0.15, -0.1) is 0 Å². The maximum absolute atomic E-state index is 14.2. The summed E-state index contributed by atoms with van der Waals surface area (Å²) in [5.74, 6) is -2.33. The number of aliphatic carboxylic acids is 1. The van der Waals surface area contributed by atoms with E-state index in [0.29, 0.717) is 21.7 Å². The van der Waals surface area contributed by atoms with Gasteiger partial charge in [0.05, 0.1) is 12.2 Å². The summed E-state index contributed by atoms with van der Waals surface area (Å²) in [4.78, 5) is 23.8. The van der Waals surface area contributed by atoms with Gasteiger partial charge in [-0.1, -0.05) is 49.2 Å². The minimum atomic E-state index is -1.71. The maximum Gasteiger partial charge on any atom is 0.333 e. The van der Waals surface area contributed by atoms with Gasteiger partial charge in [-0.05, 0) is 48.2 Å². The first-order chi connectivity index (χ1) is 16.3. The molecule has 0 aliphatic carbocycles. The van der Waals surface area contributed by atoms with Gasteiger partial charge < -0.3 is 10.2 Å². The summed E-state index contributed by atoms with van der Waals surface area (Å²) in [6.45, 7) is 1.82. The minimum Gasteiger partial charge on any atom is -0.479 e. The predicted octanol–water partition coefficient (Wildman–Crippen LogP) is 3.80. The number of halogens is 2. The molecule has 1 amide bonds. The van der Waals surface area contributed by atoms with Crippen LogP contribution in [0.15, 0.2) is 48.5 Å². The first kappa shape index (κ1) is 25.4. The number of carboxylic acid groups (broad SMARTS) is 1. The highest BCUT2D eigenvalue weighted by Crippen LogP contribution is 2.26. The molecule has 34 heavy (non-hydrogen) atoms. The van der Waals surface area contributed by atoms with Crippen LogP contribution in [0.2, 0.25) is 5.02 Å². The SMILES string of the molecule is CCCCc1cc(C(=O)NN(Cc2ccc(-c3cc(Cl)ccc3F)cc2)CC(O)C(=O)O)[nH]n1. The number of nitrogens with zero attached hydrogens (tertiary/aromatic N) is 2. The number of aliphatic hydroxyl groups is 1. The van der Waals surface area contributed by atoms with Crippen molar-refractivity contribution in [2.24, 2.45) is 0 Å². The summed E-state index contributed by atoms with van der Waals surface area (Å²) in [6.07, 6.45) is 0.971. The quantitative estimate of drug-likeness (QED) is 0.305. The average molecular weight is 489 g/mol. The Labute approximate surface area is 201 Å². The first-order valence-corrected chi connectivity index (χ1v) is 11.2. The lowest BCUT2D eigenvalue weighted by Crippen LogP contribution is -2.47. The number of hydrogen-bond donors (Lipinski definition) is 4. The van der Waals surface area contributed by atoms with Crippen LogP contribution in [0.1, 0.15) is 41.5 Å². The molecular weight excluding hydrogens is 463 g/mol. The molecule has 1 heterocycles. The van der Waals surface area contributed by atoms with Crippen molar-refractivity contribution in [3.05, 3.63) is 76.3 Å². The summed E-state index contributed by atoms with van der Waals surface area (Å²) >= 11 is 5.97. The fraction of sp³-hybridized carbons (Fsp3) is 0.292. The summed E-state index contributed by atoms with van der Waals surface area (Å²) < 4.78 is 14.2. The molecule has 0 fully saturated rings. The molecule has 0 saturated carbocycles. The molecule has 0 bridgehead atoms. The highest BCUT2D eigenvalue weighted by molar-refractivity contribution is 6.30. The molecular formula is C24H26ClFN4O4. The van der Waals surface area contributed by atoms with Crippen molar-refractivity contribution in [1.29, 1.82) is 0 Å². The Hall–Kier alpha value is -3.27. The van der Waals surface area contributed by atoms with Gasteiger partial charge in [-0.3, -0.25) is 15.3 Å². The van der Waals surface area contributed by atoms with Crippen LogP contribution in [0.25, 0.3) is 11.1 Å². The van der Waals surface area contributed by atoms with Crippen molar-refractivity contribution >= 4 is 23.5 Å². The van der Waals surface area contributed by atoms with Crippen LogP contribution in [0.3, 0.4) is 0 Å². The second-order valence-electron chi connectivity index (χ2n) is 7.87. The lowest BCUT2D eigenvalue weighted by molar-refractivity contribution is -0.148. The van der Waals surface area contributed by atoms with E-state index < -0.39 is 23.8 Å². The molecule has 4 N–H and O–H groups in total. The normalized spacial score (nSPS) is 12.0. The Kier molecular flexibility index (Phi) is 8.75. The minimum absolute atomic E-state index is 0.102. The second-order valence-corrected chi connectivity index (χ2v) is 8.31. The fourth-order valence-corrected chi connectivity index (χ4v) is 3.51. The van der Waals surface area contributed by atoms with E-state index in [1.807, 2.05) is 0 Å². The van der Waals surface area contributed by atoms with Crippen molar-refractivity contribution in [3.8, 4) is 11.1 Å². The number of aliphatic hydroxyl groups excluding tert-OH is 1. The first-order valence-electron chi connectivity index (χ1n) is 10.8. The van der Waals surface area contributed by atoms with Crippen molar-refractivity contribution in [3.63, 3.8) is 0 Å². The number of hydrogen-bond acceptors (Lipinski definition) is 5. The Balaban J connectivity index is 1.74. The van der Waals surface area contributed by atoms with Gasteiger partial charge in [0.25, 0.3) is 5.91 Å². The molecule has 2 aromatic carbocycles. The molecule has 0 aliphatic heterocycles. The Morgan fingerprint density at radius 2 is 1.94 bits per heavy atom. The number of aryl methyl sites for hydroxylation is 1. The number of aromatic amines is 1. The number of amides is 1. The van der Waals surface area contributed by atoms with Crippen molar-refractivity contribution in [2.75, 3.05) is 6.54 Å². The van der Waals surface area contributed by atoms with E-state index in [4.69, 9.17) is 16.7 Å². The van der Waals surface area contributed by atoms with Gasteiger partial charge in [-0.2, -0.15) is 5.10 Å². The Morgan fingerprint density at radius 1 is 1.21 bits per heavy atom. The van der Waals surface area contributed by atoms with E-state index in [9.17, 15) is 19.1 Å². The zero-order valence-electron chi connectivity index (χ0n) is 18.6. The van der Waals surface area contributed by atoms with Crippen LogP contribution in [0, 0.1) is 5.82 Å². The van der Waals surface area contributed by atoms with Gasteiger partial charge >= 0.3 is 5.97 Å². The monoisotopic (exact) mass is 488 g/mol. The average Bonchev–Trinajstić information content (AvgIpc) is 3.29. The smallest absolute Gasteiger partial charge is 0.333 e. The molecule has 0 spiro atoms. The molecule has 3 rings (SSSR count). The number of carboxylic acids is 1. The summed E-state index contributed by atoms with van der Waals surface area (Å²) in [5, 5.41) is 27.5. The molecule has 8 nitrogen and oxygen atoms in total. The molecule has 0 aliphatic rings. The lowest BCUT2D eigenvalue weighted by atomic mass is 10.0. The topological polar surface area (TPSA) is 119 Å². The van der Waals surface area contributed by atoms with E-state index in [2.05, 4.69) is 22.5 Å². The highest BCUT2D eigenvalue weighted by Gasteiger charge is 2.21. The number of carbonyl (C=O) groups excluding carboxylic acids is 1. The Morgan fingerprint density at radius 3 is 2.62 bits per heavy atom. The number of hydrazine groups is 1. The van der Waals surface area contributed by atoms with E-state index in [0.717, 1.165) is 25.0 Å². The zero-order chi connectivity index (χ0) is 24.7. The van der Waals surface area contributed by atoms with Crippen molar-refractivity contribution in [1.82, 2.24) is 20.6 Å². The number of benzene rings is 2. The van der Waals surface area contributed by atoms with E-state index >= 15 is 0 Å². The molecule has 0 radical (unpaired) electrons. The van der Waals surface area contributed by atoms with Crippen LogP contribution in [-0.4, -0.2) is 49.9 Å². The number of unbranched alkanes of at least 4 members (excludes halogenated alkanes) is 1. The summed E-state index contributed by atoms with van der Waals surface area (Å²) in [7, 11) is 0. The summed E-state index contributed by atoms with van der Waals surface area (Å²) in [6, 6.07) is 12.8. The third-order valence-electron chi connectivity index (χ3n) is 5.17. The van der Waals surface area contributed by atoms with E-state index in [1.165, 1.54) is 23.2 Å². The fourth-order valence-electron chi connectivity index (χ4n) is 3.33. The number of H-pyrrole nitrogens is 1. The molecule has 1 atom stereocenters. The molecule has 10 heteroatoms. The largest absolute Gasteiger partial charge is 0.479 e. The molecule has 1 aromatic heterocycles. The van der Waals surface area contributed by atoms with E-state index in [-0.39, 0.29) is 18.8 Å². The molecule has 0 saturated heterocycles. The highest BCUT2D eigenvalue weighted by atomic mass is 35.5. The van der Waals surface area contributed by atoms with Crippen molar-refractivity contribution in [2.45, 2.75) is 38.8 Å². The van der Waals surface area contributed by atoms with Gasteiger partial charge in [0.15, 0.2) is 6.10 Å². The number of nitrogens with one attached hydrogen (secondary N) is 2. The number of carbonyl (C=O) groups is 2. The second kappa shape index (κ2) is 11.7. The van der Waals surface area contributed by atoms with Gasteiger partial charge in [0.1, 0.15) is 11.5 Å². The summed E-state index contributed by atoms with van der Waals surface area (Å²) in [5.41, 5.74) is 5.28. The third-order valence-corrected chi connectivity index (χ3v) is 5.40. The molecule has 180 valence electrons. The van der Waals surface area contributed by atoms with Crippen molar-refractivity contribution < 1.29 is 24.2 Å². The van der Waals surface area contributed by atoms with E-state index in [1.54, 1.807) is 30.3 Å². The maximum atomic E-state index is 14.2. The molecule has 3 aromatic rings. The van der Waals surface area contributed by atoms with Crippen LogP contribution in [-0.2, 0) is 17.8 Å². The lowest BCUT2D eigenvalue weighted by Gasteiger charge is -2.24.